The summed E-state index contributed by atoms with van der Waals surface area (Å²) in [6.07, 6.45) is -1.43. The Kier molecular flexibility index (Phi) is 5.11. The number of aliphatic hydroxyl groups excluding tert-OH is 2. The molecule has 4 N–H and O–H groups in total. The number of aliphatic hydroxyl groups is 2. The molecule has 112 valence electrons. The van der Waals surface area contributed by atoms with E-state index in [1.165, 1.54) is 0 Å². The molecule has 0 heterocycles. The molecular formula is C10H11F2NO6S. The van der Waals surface area contributed by atoms with Gasteiger partial charge in [0.25, 0.3) is 0 Å². The van der Waals surface area contributed by atoms with Crippen LogP contribution in [0.3, 0.4) is 0 Å². The molecule has 0 saturated carbocycles. The first-order valence-electron chi connectivity index (χ1n) is 5.20. The van der Waals surface area contributed by atoms with Gasteiger partial charge in [-0.05, 0) is 12.1 Å². The van der Waals surface area contributed by atoms with Crippen molar-refractivity contribution in [3.05, 3.63) is 29.3 Å². The van der Waals surface area contributed by atoms with Crippen LogP contribution in [-0.2, 0) is 10.0 Å². The zero-order chi connectivity index (χ0) is 15.5. The van der Waals surface area contributed by atoms with Crippen molar-refractivity contribution in [3.8, 4) is 0 Å². The van der Waals surface area contributed by atoms with Gasteiger partial charge in [0, 0.05) is 6.54 Å². The second-order valence-corrected chi connectivity index (χ2v) is 5.50. The van der Waals surface area contributed by atoms with Crippen LogP contribution in [0.1, 0.15) is 10.4 Å². The van der Waals surface area contributed by atoms with E-state index in [0.717, 1.165) is 0 Å². The molecule has 1 aromatic rings. The van der Waals surface area contributed by atoms with Crippen LogP contribution >= 0.6 is 0 Å². The van der Waals surface area contributed by atoms with Gasteiger partial charge in [0.15, 0.2) is 11.6 Å². The molecule has 10 heteroatoms. The third-order valence-corrected chi connectivity index (χ3v) is 3.67. The standard InChI is InChI=1S/C10H11F2NO6S/c11-7-1-5(10(16)17)2-8(9(7)12)20(18,19)13-3-6(15)4-14/h1-2,6,13-15H,3-4H2,(H,16,17). The monoisotopic (exact) mass is 311 g/mol. The number of rotatable bonds is 6. The summed E-state index contributed by atoms with van der Waals surface area (Å²) in [4.78, 5) is 9.48. The second-order valence-electron chi connectivity index (χ2n) is 3.76. The highest BCUT2D eigenvalue weighted by Gasteiger charge is 2.25. The van der Waals surface area contributed by atoms with Crippen LogP contribution in [0.4, 0.5) is 8.78 Å². The average Bonchev–Trinajstić information content (AvgIpc) is 2.38. The highest BCUT2D eigenvalue weighted by molar-refractivity contribution is 7.89. The number of sulfonamides is 1. The average molecular weight is 311 g/mol. The van der Waals surface area contributed by atoms with Crippen molar-refractivity contribution in [1.82, 2.24) is 4.72 Å². The molecule has 0 aromatic heterocycles. The molecule has 1 unspecified atom stereocenters. The molecular weight excluding hydrogens is 300 g/mol. The lowest BCUT2D eigenvalue weighted by Crippen LogP contribution is -2.34. The maximum Gasteiger partial charge on any atom is 0.335 e. The van der Waals surface area contributed by atoms with E-state index in [2.05, 4.69) is 0 Å². The molecule has 0 amide bonds. The number of hydrogen-bond donors (Lipinski definition) is 4. The van der Waals surface area contributed by atoms with Gasteiger partial charge in [0.1, 0.15) is 4.90 Å². The summed E-state index contributed by atoms with van der Waals surface area (Å²) in [7, 11) is -4.57. The lowest BCUT2D eigenvalue weighted by molar-refractivity contribution is 0.0696. The van der Waals surface area contributed by atoms with Crippen LogP contribution in [0.25, 0.3) is 0 Å². The van der Waals surface area contributed by atoms with E-state index in [0.29, 0.717) is 12.1 Å². The van der Waals surface area contributed by atoms with Gasteiger partial charge in [-0.25, -0.2) is 26.7 Å². The maximum absolute atomic E-state index is 13.4. The zero-order valence-corrected chi connectivity index (χ0v) is 10.7. The molecule has 0 aliphatic rings. The molecule has 0 spiro atoms. The topological polar surface area (TPSA) is 124 Å². The van der Waals surface area contributed by atoms with E-state index in [1.54, 1.807) is 4.72 Å². The van der Waals surface area contributed by atoms with Crippen molar-refractivity contribution >= 4 is 16.0 Å². The van der Waals surface area contributed by atoms with Crippen molar-refractivity contribution in [2.45, 2.75) is 11.0 Å². The van der Waals surface area contributed by atoms with Gasteiger partial charge in [-0.3, -0.25) is 0 Å². The fourth-order valence-corrected chi connectivity index (χ4v) is 2.41. The lowest BCUT2D eigenvalue weighted by atomic mass is 10.2. The number of carboxylic acids is 1. The Morgan fingerprint density at radius 1 is 1.35 bits per heavy atom. The summed E-state index contributed by atoms with van der Waals surface area (Å²) in [5.74, 6) is -5.00. The molecule has 0 saturated heterocycles. The fraction of sp³-hybridized carbons (Fsp3) is 0.300. The summed E-state index contributed by atoms with van der Waals surface area (Å²) >= 11 is 0. The van der Waals surface area contributed by atoms with Gasteiger partial charge in [0.2, 0.25) is 10.0 Å². The number of nitrogens with one attached hydrogen (secondary N) is 1. The van der Waals surface area contributed by atoms with Gasteiger partial charge in [-0.1, -0.05) is 0 Å². The van der Waals surface area contributed by atoms with Crippen molar-refractivity contribution < 1.29 is 37.3 Å². The number of carboxylic acid groups (broad SMARTS) is 1. The third-order valence-electron chi connectivity index (χ3n) is 2.25. The zero-order valence-electron chi connectivity index (χ0n) is 9.88. The Morgan fingerprint density at radius 2 is 1.95 bits per heavy atom. The summed E-state index contributed by atoms with van der Waals surface area (Å²) in [5.41, 5.74) is -0.744. The number of halogens is 2. The van der Waals surface area contributed by atoms with E-state index in [1.807, 2.05) is 0 Å². The Morgan fingerprint density at radius 3 is 2.45 bits per heavy atom. The van der Waals surface area contributed by atoms with Crippen molar-refractivity contribution in [2.24, 2.45) is 0 Å². The summed E-state index contributed by atoms with van der Waals surface area (Å²) in [6, 6.07) is 0.799. The van der Waals surface area contributed by atoms with Crippen LogP contribution in [0.2, 0.25) is 0 Å². The lowest BCUT2D eigenvalue weighted by Gasteiger charge is -2.11. The molecule has 0 radical (unpaired) electrons. The number of hydrogen-bond acceptors (Lipinski definition) is 5. The Balaban J connectivity index is 3.20. The molecule has 0 bridgehead atoms. The van der Waals surface area contributed by atoms with Crippen molar-refractivity contribution in [1.29, 1.82) is 0 Å². The van der Waals surface area contributed by atoms with Crippen LogP contribution in [0, 0.1) is 11.6 Å². The van der Waals surface area contributed by atoms with Crippen molar-refractivity contribution in [2.75, 3.05) is 13.2 Å². The Bertz CT molecular complexity index is 618. The first-order chi connectivity index (χ1) is 9.19. The minimum Gasteiger partial charge on any atom is -0.478 e. The molecule has 1 rings (SSSR count). The van der Waals surface area contributed by atoms with E-state index < -0.39 is 57.3 Å². The fourth-order valence-electron chi connectivity index (χ4n) is 1.23. The summed E-state index contributed by atoms with van der Waals surface area (Å²) in [5, 5.41) is 26.2. The Labute approximate surface area is 112 Å². The number of aromatic carboxylic acids is 1. The molecule has 0 aliphatic heterocycles. The summed E-state index contributed by atoms with van der Waals surface area (Å²) < 4.78 is 51.7. The minimum absolute atomic E-state index is 0.346. The van der Waals surface area contributed by atoms with Gasteiger partial charge < -0.3 is 15.3 Å². The van der Waals surface area contributed by atoms with E-state index in [-0.39, 0.29) is 0 Å². The van der Waals surface area contributed by atoms with E-state index in [4.69, 9.17) is 15.3 Å². The second kappa shape index (κ2) is 6.22. The molecule has 0 aliphatic carbocycles. The first kappa shape index (κ1) is 16.4. The van der Waals surface area contributed by atoms with Crippen LogP contribution < -0.4 is 4.72 Å². The minimum atomic E-state index is -4.57. The van der Waals surface area contributed by atoms with Gasteiger partial charge in [-0.2, -0.15) is 0 Å². The summed E-state index contributed by atoms with van der Waals surface area (Å²) in [6.45, 7) is -1.38. The predicted molar refractivity (Wildman–Crippen MR) is 61.6 cm³/mol. The quantitative estimate of drug-likeness (QED) is 0.550. The van der Waals surface area contributed by atoms with Gasteiger partial charge in [-0.15, -0.1) is 0 Å². The van der Waals surface area contributed by atoms with Crippen LogP contribution in [0.5, 0.6) is 0 Å². The highest BCUT2D eigenvalue weighted by atomic mass is 32.2. The normalized spacial score (nSPS) is 13.2. The first-order valence-corrected chi connectivity index (χ1v) is 6.68. The SMILES string of the molecule is O=C(O)c1cc(F)c(F)c(S(=O)(=O)NCC(O)CO)c1. The highest BCUT2D eigenvalue weighted by Crippen LogP contribution is 2.19. The molecule has 1 atom stereocenters. The molecule has 1 aromatic carbocycles. The van der Waals surface area contributed by atoms with Gasteiger partial charge in [0.05, 0.1) is 18.3 Å². The van der Waals surface area contributed by atoms with Gasteiger partial charge >= 0.3 is 5.97 Å². The van der Waals surface area contributed by atoms with E-state index >= 15 is 0 Å². The van der Waals surface area contributed by atoms with Crippen molar-refractivity contribution in [3.63, 3.8) is 0 Å². The van der Waals surface area contributed by atoms with Crippen LogP contribution in [0.15, 0.2) is 17.0 Å². The van der Waals surface area contributed by atoms with Crippen LogP contribution in [-0.4, -0.2) is 49.0 Å². The van der Waals surface area contributed by atoms with E-state index in [9.17, 15) is 22.0 Å². The smallest absolute Gasteiger partial charge is 0.335 e. The third kappa shape index (κ3) is 3.70. The maximum atomic E-state index is 13.4. The Hall–Kier alpha value is -1.62. The molecule has 20 heavy (non-hydrogen) atoms. The number of carbonyl (C=O) groups is 1. The largest absolute Gasteiger partial charge is 0.478 e. The molecule has 0 fully saturated rings. The number of benzene rings is 1. The predicted octanol–water partition coefficient (Wildman–Crippen LogP) is -0.705. The molecule has 7 nitrogen and oxygen atoms in total.